The molecule has 1 unspecified atom stereocenters. The van der Waals surface area contributed by atoms with Gasteiger partial charge in [-0.15, -0.1) is 0 Å². The summed E-state index contributed by atoms with van der Waals surface area (Å²) in [6, 6.07) is 0. The number of carbonyl (C=O) groups excluding carboxylic acids is 1. The van der Waals surface area contributed by atoms with Crippen LogP contribution in [0.3, 0.4) is 0 Å². The van der Waals surface area contributed by atoms with E-state index in [9.17, 15) is 23.1 Å². The Hall–Kier alpha value is -1.31. The molecule has 1 atom stereocenters. The Bertz CT molecular complexity index is 329. The van der Waals surface area contributed by atoms with Crippen LogP contribution in [0.2, 0.25) is 0 Å². The highest BCUT2D eigenvalue weighted by Crippen LogP contribution is 2.40. The van der Waals surface area contributed by atoms with Gasteiger partial charge in [0.15, 0.2) is 0 Å². The number of alkyl halides is 3. The molecule has 1 aliphatic heterocycles. The maximum atomic E-state index is 12.6. The molecule has 0 saturated carbocycles. The molecule has 0 radical (unpaired) electrons. The smallest absolute Gasteiger partial charge is 0.439 e. The van der Waals surface area contributed by atoms with Gasteiger partial charge in [0.1, 0.15) is 0 Å². The minimum absolute atomic E-state index is 0.00729. The number of ether oxygens (including phenoxy) is 1. The Morgan fingerprint density at radius 2 is 2.25 bits per heavy atom. The van der Waals surface area contributed by atoms with Gasteiger partial charge in [0.2, 0.25) is 0 Å². The van der Waals surface area contributed by atoms with E-state index in [-0.39, 0.29) is 17.3 Å². The predicted molar refractivity (Wildman–Crippen MR) is 47.6 cm³/mol. The number of hydrogen-bond acceptors (Lipinski definition) is 4. The van der Waals surface area contributed by atoms with Gasteiger partial charge in [-0.1, -0.05) is 0 Å². The zero-order chi connectivity index (χ0) is 12.6. The van der Waals surface area contributed by atoms with Crippen LogP contribution in [-0.2, 0) is 4.74 Å². The Kier molecular flexibility index (Phi) is 3.13. The van der Waals surface area contributed by atoms with Gasteiger partial charge in [-0.3, -0.25) is 0 Å². The first-order valence-electron chi connectivity index (χ1n) is 4.52. The molecule has 5 nitrogen and oxygen atoms in total. The van der Waals surface area contributed by atoms with Crippen molar-refractivity contribution in [2.24, 2.45) is 5.10 Å². The lowest BCUT2D eigenvalue weighted by Crippen LogP contribution is -2.56. The summed E-state index contributed by atoms with van der Waals surface area (Å²) in [6.45, 7) is 2.63. The molecule has 1 amide bonds. The maximum Gasteiger partial charge on any atom is 0.439 e. The van der Waals surface area contributed by atoms with Gasteiger partial charge in [0, 0.05) is 12.1 Å². The normalized spacial score (nSPS) is 25.6. The molecule has 0 fully saturated rings. The second kappa shape index (κ2) is 3.93. The lowest BCUT2D eigenvalue weighted by Gasteiger charge is -2.31. The zero-order valence-electron chi connectivity index (χ0n) is 8.71. The third-order valence-electron chi connectivity index (χ3n) is 2.02. The third kappa shape index (κ3) is 1.97. The molecule has 0 aliphatic carbocycles. The van der Waals surface area contributed by atoms with Gasteiger partial charge < -0.3 is 9.84 Å². The van der Waals surface area contributed by atoms with Gasteiger partial charge in [0.25, 0.3) is 5.72 Å². The molecule has 16 heavy (non-hydrogen) atoms. The lowest BCUT2D eigenvalue weighted by molar-refractivity contribution is -0.299. The van der Waals surface area contributed by atoms with Crippen molar-refractivity contribution < 1.29 is 27.8 Å². The highest BCUT2D eigenvalue weighted by atomic mass is 19.4. The number of carbonyl (C=O) groups is 1. The van der Waals surface area contributed by atoms with Crippen LogP contribution in [0, 0.1) is 0 Å². The molecule has 8 heteroatoms. The van der Waals surface area contributed by atoms with E-state index >= 15 is 0 Å². The molecule has 1 N–H and O–H groups in total. The van der Waals surface area contributed by atoms with Crippen LogP contribution in [0.15, 0.2) is 5.10 Å². The first-order valence-corrected chi connectivity index (χ1v) is 4.52. The van der Waals surface area contributed by atoms with Crippen molar-refractivity contribution in [3.8, 4) is 0 Å². The van der Waals surface area contributed by atoms with Crippen molar-refractivity contribution in [1.82, 2.24) is 5.01 Å². The Morgan fingerprint density at radius 1 is 1.69 bits per heavy atom. The molecule has 0 aromatic heterocycles. The first-order chi connectivity index (χ1) is 7.22. The van der Waals surface area contributed by atoms with Crippen LogP contribution < -0.4 is 0 Å². The minimum Gasteiger partial charge on any atom is -0.448 e. The standard InChI is InChI=1S/C8H11F3N2O3/c1-3-16-6(14)13-7(15,8(9,10)11)4-5(2)12-13/h15H,3-4H2,1-2H3. The highest BCUT2D eigenvalue weighted by molar-refractivity contribution is 5.87. The Morgan fingerprint density at radius 3 is 2.69 bits per heavy atom. The highest BCUT2D eigenvalue weighted by Gasteiger charge is 2.63. The number of halogens is 3. The number of nitrogens with zero attached hydrogens (tertiary/aromatic N) is 2. The molecule has 0 bridgehead atoms. The summed E-state index contributed by atoms with van der Waals surface area (Å²) in [5.74, 6) is 0. The predicted octanol–water partition coefficient (Wildman–Crippen LogP) is 1.48. The van der Waals surface area contributed by atoms with Crippen molar-refractivity contribution in [3.05, 3.63) is 0 Å². The minimum atomic E-state index is -4.99. The maximum absolute atomic E-state index is 12.6. The average molecular weight is 240 g/mol. The van der Waals surface area contributed by atoms with E-state index in [1.165, 1.54) is 13.8 Å². The van der Waals surface area contributed by atoms with Crippen LogP contribution in [0.5, 0.6) is 0 Å². The second-order valence-electron chi connectivity index (χ2n) is 3.34. The first kappa shape index (κ1) is 12.8. The average Bonchev–Trinajstić information content (AvgIpc) is 2.42. The monoisotopic (exact) mass is 240 g/mol. The fourth-order valence-corrected chi connectivity index (χ4v) is 1.32. The van der Waals surface area contributed by atoms with Gasteiger partial charge in [-0.25, -0.2) is 4.79 Å². The number of rotatable bonds is 1. The fourth-order valence-electron chi connectivity index (χ4n) is 1.32. The van der Waals surface area contributed by atoms with E-state index in [2.05, 4.69) is 9.84 Å². The van der Waals surface area contributed by atoms with Crippen LogP contribution in [0.1, 0.15) is 20.3 Å². The number of hydrazone groups is 1. The Balaban J connectivity index is 3.00. The molecular weight excluding hydrogens is 229 g/mol. The Labute approximate surface area is 89.5 Å². The number of amides is 1. The molecular formula is C8H11F3N2O3. The van der Waals surface area contributed by atoms with E-state index in [0.29, 0.717) is 0 Å². The summed E-state index contributed by atoms with van der Waals surface area (Å²) >= 11 is 0. The summed E-state index contributed by atoms with van der Waals surface area (Å²) in [4.78, 5) is 11.2. The summed E-state index contributed by atoms with van der Waals surface area (Å²) < 4.78 is 42.2. The van der Waals surface area contributed by atoms with E-state index in [1.54, 1.807) is 0 Å². The zero-order valence-corrected chi connectivity index (χ0v) is 8.71. The summed E-state index contributed by atoms with van der Waals surface area (Å²) in [5.41, 5.74) is -3.29. The molecule has 0 aromatic rings. The summed E-state index contributed by atoms with van der Waals surface area (Å²) in [6.07, 6.45) is -7.07. The van der Waals surface area contributed by atoms with Crippen molar-refractivity contribution in [3.63, 3.8) is 0 Å². The third-order valence-corrected chi connectivity index (χ3v) is 2.02. The molecule has 1 rings (SSSR count). The van der Waals surface area contributed by atoms with E-state index in [4.69, 9.17) is 0 Å². The van der Waals surface area contributed by atoms with E-state index in [1.807, 2.05) is 0 Å². The van der Waals surface area contributed by atoms with Gasteiger partial charge in [-0.2, -0.15) is 23.3 Å². The number of hydrogen-bond donors (Lipinski definition) is 1. The van der Waals surface area contributed by atoms with Crippen molar-refractivity contribution in [2.45, 2.75) is 32.2 Å². The molecule has 0 aromatic carbocycles. The lowest BCUT2D eigenvalue weighted by atomic mass is 10.1. The number of aliphatic hydroxyl groups is 1. The van der Waals surface area contributed by atoms with Gasteiger partial charge in [0.05, 0.1) is 6.61 Å². The topological polar surface area (TPSA) is 62.1 Å². The van der Waals surface area contributed by atoms with Crippen molar-refractivity contribution in [1.29, 1.82) is 0 Å². The van der Waals surface area contributed by atoms with Crippen LogP contribution >= 0.6 is 0 Å². The van der Waals surface area contributed by atoms with E-state index in [0.717, 1.165) is 0 Å². The largest absolute Gasteiger partial charge is 0.448 e. The molecule has 1 heterocycles. The summed E-state index contributed by atoms with van der Waals surface area (Å²) in [7, 11) is 0. The van der Waals surface area contributed by atoms with Crippen LogP contribution in [0.4, 0.5) is 18.0 Å². The van der Waals surface area contributed by atoms with Crippen LogP contribution in [-0.4, -0.2) is 40.4 Å². The van der Waals surface area contributed by atoms with Crippen molar-refractivity contribution >= 4 is 11.8 Å². The second-order valence-corrected chi connectivity index (χ2v) is 3.34. The van der Waals surface area contributed by atoms with E-state index < -0.39 is 24.4 Å². The van der Waals surface area contributed by atoms with Crippen molar-refractivity contribution in [2.75, 3.05) is 6.61 Å². The quantitative estimate of drug-likeness (QED) is 0.755. The summed E-state index contributed by atoms with van der Waals surface area (Å²) in [5, 5.41) is 12.7. The van der Waals surface area contributed by atoms with Gasteiger partial charge >= 0.3 is 12.3 Å². The SMILES string of the molecule is CCOC(=O)N1N=C(C)CC1(O)C(F)(F)F. The van der Waals surface area contributed by atoms with Gasteiger partial charge in [-0.05, 0) is 13.8 Å². The molecule has 0 saturated heterocycles. The molecule has 1 aliphatic rings. The van der Waals surface area contributed by atoms with Crippen LogP contribution in [0.25, 0.3) is 0 Å². The molecule has 0 spiro atoms. The fraction of sp³-hybridized carbons (Fsp3) is 0.750. The molecule has 92 valence electrons.